The van der Waals surface area contributed by atoms with Crippen LogP contribution in [0.15, 0.2) is 406 Å². The Bertz CT molecular complexity index is 6770. The molecule has 0 spiro atoms. The van der Waals surface area contributed by atoms with Crippen molar-refractivity contribution in [2.45, 2.75) is 14.9 Å². The van der Waals surface area contributed by atoms with Gasteiger partial charge in [0.25, 0.3) is 0 Å². The van der Waals surface area contributed by atoms with Gasteiger partial charge < -0.3 is 22.8 Å². The number of fused-ring (bicyclic) bond motifs is 15. The van der Waals surface area contributed by atoms with Crippen LogP contribution < -0.4 is 0 Å². The first-order valence-electron chi connectivity index (χ1n) is 36.8. The van der Waals surface area contributed by atoms with Crippen LogP contribution in [0.25, 0.3) is 193 Å². The van der Waals surface area contributed by atoms with Crippen molar-refractivity contribution in [1.82, 2.24) is 22.8 Å². The summed E-state index contributed by atoms with van der Waals surface area (Å²) >= 11 is 0. The topological polar surface area (TPSA) is 24.6 Å². The zero-order valence-corrected chi connectivity index (χ0v) is 58.4. The van der Waals surface area contributed by atoms with E-state index in [9.17, 15) is 0 Å². The van der Waals surface area contributed by atoms with Crippen LogP contribution in [-0.2, 0) is 0 Å². The minimum atomic E-state index is 0. The molecule has 0 N–H and O–H groups in total. The van der Waals surface area contributed by atoms with E-state index in [2.05, 4.69) is 429 Å². The van der Waals surface area contributed by atoms with Crippen LogP contribution in [0.3, 0.4) is 0 Å². The molecular weight excluding hydrogens is 1320 g/mol. The zero-order valence-electron chi connectivity index (χ0n) is 58.4. The summed E-state index contributed by atoms with van der Waals surface area (Å²) in [6.45, 7) is 0. The van der Waals surface area contributed by atoms with Crippen molar-refractivity contribution in [2.24, 2.45) is 0 Å². The average molecular weight is 1390 g/mol. The van der Waals surface area contributed by atoms with Crippen molar-refractivity contribution in [3.63, 3.8) is 0 Å². The quantitative estimate of drug-likeness (QED) is 0.130. The molecule has 0 saturated carbocycles. The predicted molar refractivity (Wildman–Crippen MR) is 465 cm³/mol. The molecule has 0 radical (unpaired) electrons. The summed E-state index contributed by atoms with van der Waals surface area (Å²) in [4.78, 5) is 0. The number of para-hydroxylation sites is 7. The zero-order chi connectivity index (χ0) is 70.5. The molecule has 22 rings (SSSR count). The number of rotatable bonds is 10. The molecule has 516 valence electrons. The fraction of sp³-hybridized carbons (Fsp3) is 0.0192. The Kier molecular flexibility index (Phi) is 16.2. The molecule has 0 atom stereocenters. The maximum atomic E-state index is 2.41. The van der Waals surface area contributed by atoms with Gasteiger partial charge in [-0.05, 0) is 213 Å². The molecule has 22 aromatic rings. The van der Waals surface area contributed by atoms with Crippen molar-refractivity contribution in [1.29, 1.82) is 0 Å². The van der Waals surface area contributed by atoms with Crippen molar-refractivity contribution >= 4 is 109 Å². The van der Waals surface area contributed by atoms with E-state index in [4.69, 9.17) is 0 Å². The average Bonchev–Trinajstić information content (AvgIpc) is 1.60. The Hall–Kier alpha value is -14.3. The highest BCUT2D eigenvalue weighted by molar-refractivity contribution is 6.16. The second kappa shape index (κ2) is 27.0. The number of hydrogen-bond donors (Lipinski definition) is 0. The lowest BCUT2D eigenvalue weighted by atomic mass is 9.98. The van der Waals surface area contributed by atoms with Gasteiger partial charge in [-0.25, -0.2) is 0 Å². The smallest absolute Gasteiger partial charge is 0.0541 e. The first-order valence-corrected chi connectivity index (χ1v) is 36.8. The van der Waals surface area contributed by atoms with Crippen LogP contribution in [0.2, 0.25) is 0 Å². The number of hydrogen-bond acceptors (Lipinski definition) is 0. The van der Waals surface area contributed by atoms with Crippen molar-refractivity contribution in [3.05, 3.63) is 406 Å². The van der Waals surface area contributed by atoms with E-state index >= 15 is 0 Å². The van der Waals surface area contributed by atoms with Gasteiger partial charge in [0.1, 0.15) is 0 Å². The number of benzene rings is 17. The molecule has 5 heterocycles. The molecule has 0 amide bonds. The second-order valence-electron chi connectivity index (χ2n) is 28.0. The Balaban J connectivity index is 0.000000147. The minimum absolute atomic E-state index is 0. The summed E-state index contributed by atoms with van der Waals surface area (Å²) < 4.78 is 11.9. The highest BCUT2D eigenvalue weighted by Crippen LogP contribution is 2.44. The molecule has 5 aromatic heterocycles. The molecular formula is C104H75N5. The second-order valence-corrected chi connectivity index (χ2v) is 28.0. The van der Waals surface area contributed by atoms with Gasteiger partial charge in [-0.15, -0.1) is 0 Å². The van der Waals surface area contributed by atoms with Gasteiger partial charge in [-0.2, -0.15) is 0 Å². The van der Waals surface area contributed by atoms with Gasteiger partial charge in [-0.1, -0.05) is 264 Å². The molecule has 0 aliphatic heterocycles. The molecule has 0 bridgehead atoms. The third-order valence-electron chi connectivity index (χ3n) is 22.0. The van der Waals surface area contributed by atoms with Crippen LogP contribution in [-0.4, -0.2) is 22.8 Å². The molecule has 0 saturated heterocycles. The van der Waals surface area contributed by atoms with Crippen LogP contribution in [0.1, 0.15) is 14.9 Å². The summed E-state index contributed by atoms with van der Waals surface area (Å²) in [6.07, 6.45) is 0. The lowest BCUT2D eigenvalue weighted by molar-refractivity contribution is 1.18. The van der Waals surface area contributed by atoms with Crippen LogP contribution in [0.5, 0.6) is 0 Å². The lowest BCUT2D eigenvalue weighted by Crippen LogP contribution is -1.94. The monoisotopic (exact) mass is 1390 g/mol. The largest absolute Gasteiger partial charge is 0.309 e. The van der Waals surface area contributed by atoms with Gasteiger partial charge in [0.15, 0.2) is 0 Å². The summed E-state index contributed by atoms with van der Waals surface area (Å²) in [5.74, 6) is 0. The fourth-order valence-corrected chi connectivity index (χ4v) is 17.0. The maximum absolute atomic E-state index is 2.41. The molecule has 0 aliphatic rings. The Morgan fingerprint density at radius 3 is 0.495 bits per heavy atom. The van der Waals surface area contributed by atoms with E-state index < -0.39 is 0 Å². The predicted octanol–water partition coefficient (Wildman–Crippen LogP) is 28.5. The van der Waals surface area contributed by atoms with Crippen molar-refractivity contribution in [2.75, 3.05) is 0 Å². The molecule has 17 aromatic carbocycles. The standard InChI is InChI=1S/C54H35N3.C48H32N2.2CH4/c1-4-14-40(15-5-1)55-49-22-12-10-20-43(49)45-32-36(24-28-51(45)55)38-26-30-53-47(34-38)48-35-39(27-31-54(48)57(53)42-18-8-3-9-19-42)37-25-29-52-46(33-37)44-21-11-13-23-50(44)56(52)41-16-6-2-7-17-41;1-3-11-33(12-4-1)35-19-25-39(26-20-35)49-45-17-9-7-15-41(45)43-31-37(23-29-47(43)49)38-24-30-48-44(32-38)42-16-8-10-18-46(42)50(48)40-27-21-36(22-28-40)34-13-5-2-6-14-34;;/h1-35H;1-32H;2*1H4. The van der Waals surface area contributed by atoms with Gasteiger partial charge in [-0.3, -0.25) is 0 Å². The third-order valence-corrected chi connectivity index (χ3v) is 22.0. The molecule has 109 heavy (non-hydrogen) atoms. The van der Waals surface area contributed by atoms with Gasteiger partial charge >= 0.3 is 0 Å². The van der Waals surface area contributed by atoms with Crippen LogP contribution in [0, 0.1) is 0 Å². The van der Waals surface area contributed by atoms with E-state index in [1.54, 1.807) is 0 Å². The van der Waals surface area contributed by atoms with Crippen LogP contribution in [0.4, 0.5) is 0 Å². The Morgan fingerprint density at radius 2 is 0.266 bits per heavy atom. The number of aromatic nitrogens is 5. The van der Waals surface area contributed by atoms with Crippen molar-refractivity contribution < 1.29 is 0 Å². The Labute approximate surface area is 633 Å². The van der Waals surface area contributed by atoms with Crippen molar-refractivity contribution in [3.8, 4) is 84.1 Å². The molecule has 0 aliphatic carbocycles. The van der Waals surface area contributed by atoms with Gasteiger partial charge in [0, 0.05) is 82.3 Å². The summed E-state index contributed by atoms with van der Waals surface area (Å²) in [5, 5.41) is 12.5. The SMILES string of the molecule is C.C.c1ccc(-c2ccc(-n3c4ccccc4c4cc(-c5ccc6c(c5)c5ccccc5n6-c5ccc(-c6ccccc6)cc5)ccc43)cc2)cc1.c1ccc(-n2c3ccccc3c3cc(-c4ccc5c(c4)c4cc(-c6ccc7c(c6)c6ccccc6n7-c6ccccc6)ccc4n5-c4ccccc4)ccc32)cc1. The molecule has 5 nitrogen and oxygen atoms in total. The van der Waals surface area contributed by atoms with E-state index in [0.29, 0.717) is 0 Å². The minimum Gasteiger partial charge on any atom is -0.309 e. The molecule has 0 unspecified atom stereocenters. The Morgan fingerprint density at radius 1 is 0.110 bits per heavy atom. The highest BCUT2D eigenvalue weighted by Gasteiger charge is 2.21. The first kappa shape index (κ1) is 65.5. The first-order chi connectivity index (χ1) is 53.1. The number of nitrogens with zero attached hydrogens (tertiary/aromatic N) is 5. The van der Waals surface area contributed by atoms with E-state index in [0.717, 1.165) is 17.1 Å². The van der Waals surface area contributed by atoms with E-state index in [1.807, 2.05) is 0 Å². The van der Waals surface area contributed by atoms with Crippen LogP contribution >= 0.6 is 0 Å². The van der Waals surface area contributed by atoms with Gasteiger partial charge in [0.05, 0.1) is 55.2 Å². The highest BCUT2D eigenvalue weighted by atomic mass is 15.0. The lowest BCUT2D eigenvalue weighted by Gasteiger charge is -2.11. The third kappa shape index (κ3) is 11.0. The summed E-state index contributed by atoms with van der Waals surface area (Å²) in [5.41, 5.74) is 30.0. The summed E-state index contributed by atoms with van der Waals surface area (Å²) in [6, 6.07) is 148. The fourth-order valence-electron chi connectivity index (χ4n) is 17.0. The molecule has 5 heteroatoms. The molecule has 0 fully saturated rings. The van der Waals surface area contributed by atoms with Gasteiger partial charge in [0.2, 0.25) is 0 Å². The normalized spacial score (nSPS) is 11.5. The maximum Gasteiger partial charge on any atom is 0.0541 e. The van der Waals surface area contributed by atoms with E-state index in [-0.39, 0.29) is 14.9 Å². The van der Waals surface area contributed by atoms with E-state index in [1.165, 1.54) is 176 Å². The summed E-state index contributed by atoms with van der Waals surface area (Å²) in [7, 11) is 0.